The van der Waals surface area contributed by atoms with Gasteiger partial charge in [-0.1, -0.05) is 0 Å². The third kappa shape index (κ3) is 6.11. The topological polar surface area (TPSA) is 122 Å². The molecule has 192 valence electrons. The van der Waals surface area contributed by atoms with Gasteiger partial charge >= 0.3 is 12.4 Å². The van der Waals surface area contributed by atoms with Crippen LogP contribution in [0.15, 0.2) is 48.9 Å². The first-order chi connectivity index (χ1) is 17.2. The molecule has 37 heavy (non-hydrogen) atoms. The third-order valence-corrected chi connectivity index (χ3v) is 4.78. The molecule has 4 aromatic heterocycles. The molecule has 0 aromatic carbocycles. The Hall–Kier alpha value is -4.27. The molecule has 4 heterocycles. The maximum atomic E-state index is 13.2. The van der Waals surface area contributed by atoms with Crippen LogP contribution >= 0.6 is 0 Å². The molecular formula is C22H16F6N8O. The molecule has 0 unspecified atom stereocenters. The average molecular weight is 522 g/mol. The van der Waals surface area contributed by atoms with Crippen LogP contribution in [0.25, 0.3) is 23.2 Å². The van der Waals surface area contributed by atoms with E-state index in [0.717, 1.165) is 12.4 Å². The van der Waals surface area contributed by atoms with E-state index in [9.17, 15) is 31.4 Å². The number of nitrogens with zero attached hydrogens (tertiary/aromatic N) is 7. The quantitative estimate of drug-likeness (QED) is 0.356. The number of hydrogen-bond acceptors (Lipinski definition) is 9. The zero-order valence-corrected chi connectivity index (χ0v) is 19.0. The van der Waals surface area contributed by atoms with Gasteiger partial charge in [-0.3, -0.25) is 9.97 Å². The van der Waals surface area contributed by atoms with Crippen LogP contribution in [-0.4, -0.2) is 40.0 Å². The standard InChI is InChI=1S/C22H16F6N8O/c1-20(2,37)11-3-6-29-13(9-11)16-34-18(17-31-8-5-14(33-17)21(23,24)25)36-19(35-16)32-12-4-7-30-15(10-12)22(26,27)28/h3-10,37H,1-2H3,(H,30,32,34,35,36). The molecular weight excluding hydrogens is 506 g/mol. The Bertz CT molecular complexity index is 1360. The summed E-state index contributed by atoms with van der Waals surface area (Å²) in [5, 5.41) is 12.9. The van der Waals surface area contributed by atoms with Gasteiger partial charge in [0.2, 0.25) is 11.8 Å². The molecule has 4 rings (SSSR count). The molecule has 0 amide bonds. The fourth-order valence-corrected chi connectivity index (χ4v) is 3.00. The summed E-state index contributed by atoms with van der Waals surface area (Å²) >= 11 is 0. The Morgan fingerprint density at radius 1 is 0.676 bits per heavy atom. The van der Waals surface area contributed by atoms with Crippen molar-refractivity contribution in [3.63, 3.8) is 0 Å². The lowest BCUT2D eigenvalue weighted by Gasteiger charge is -2.18. The monoisotopic (exact) mass is 522 g/mol. The number of hydrogen-bond donors (Lipinski definition) is 2. The highest BCUT2D eigenvalue weighted by molar-refractivity contribution is 5.61. The maximum Gasteiger partial charge on any atom is 0.433 e. The van der Waals surface area contributed by atoms with Crippen molar-refractivity contribution < 1.29 is 31.4 Å². The van der Waals surface area contributed by atoms with E-state index in [4.69, 9.17) is 0 Å². The first-order valence-electron chi connectivity index (χ1n) is 10.4. The normalized spacial score (nSPS) is 12.5. The second-order valence-electron chi connectivity index (χ2n) is 8.11. The minimum atomic E-state index is -4.78. The number of nitrogens with one attached hydrogen (secondary N) is 1. The van der Waals surface area contributed by atoms with Gasteiger partial charge < -0.3 is 10.4 Å². The fourth-order valence-electron chi connectivity index (χ4n) is 3.00. The van der Waals surface area contributed by atoms with Gasteiger partial charge in [0.1, 0.15) is 17.1 Å². The molecule has 0 aliphatic heterocycles. The molecule has 4 aromatic rings. The van der Waals surface area contributed by atoms with Crippen molar-refractivity contribution in [3.05, 3.63) is 65.9 Å². The van der Waals surface area contributed by atoms with Crippen molar-refractivity contribution in [1.82, 2.24) is 34.9 Å². The molecule has 0 spiro atoms. The number of aromatic nitrogens is 7. The van der Waals surface area contributed by atoms with E-state index in [1.807, 2.05) is 0 Å². The highest BCUT2D eigenvalue weighted by Gasteiger charge is 2.34. The lowest BCUT2D eigenvalue weighted by atomic mass is 9.99. The Morgan fingerprint density at radius 2 is 1.32 bits per heavy atom. The molecule has 0 bridgehead atoms. The van der Waals surface area contributed by atoms with Crippen molar-refractivity contribution in [2.24, 2.45) is 0 Å². The summed E-state index contributed by atoms with van der Waals surface area (Å²) in [6.45, 7) is 3.05. The van der Waals surface area contributed by atoms with Crippen LogP contribution in [0, 0.1) is 0 Å². The Balaban J connectivity index is 1.85. The zero-order chi connectivity index (χ0) is 27.0. The predicted octanol–water partition coefficient (Wildman–Crippen LogP) is 4.79. The van der Waals surface area contributed by atoms with E-state index >= 15 is 0 Å². The van der Waals surface area contributed by atoms with E-state index in [1.165, 1.54) is 38.2 Å². The Morgan fingerprint density at radius 3 is 2.00 bits per heavy atom. The highest BCUT2D eigenvalue weighted by atomic mass is 19.4. The molecule has 0 saturated carbocycles. The van der Waals surface area contributed by atoms with E-state index in [0.29, 0.717) is 17.7 Å². The lowest BCUT2D eigenvalue weighted by Crippen LogP contribution is -2.16. The van der Waals surface area contributed by atoms with Crippen LogP contribution in [0.5, 0.6) is 0 Å². The summed E-state index contributed by atoms with van der Waals surface area (Å²) in [6.07, 6.45) is -6.35. The fraction of sp³-hybridized carbons (Fsp3) is 0.227. The van der Waals surface area contributed by atoms with Crippen LogP contribution in [0.3, 0.4) is 0 Å². The summed E-state index contributed by atoms with van der Waals surface area (Å²) in [7, 11) is 0. The number of alkyl halides is 6. The van der Waals surface area contributed by atoms with Crippen molar-refractivity contribution in [2.45, 2.75) is 31.8 Å². The van der Waals surface area contributed by atoms with Crippen LogP contribution in [0.4, 0.5) is 38.0 Å². The number of anilines is 2. The minimum absolute atomic E-state index is 0.101. The van der Waals surface area contributed by atoms with E-state index in [2.05, 4.69) is 40.2 Å². The maximum absolute atomic E-state index is 13.2. The lowest BCUT2D eigenvalue weighted by molar-refractivity contribution is -0.141. The molecule has 2 N–H and O–H groups in total. The molecule has 15 heteroatoms. The van der Waals surface area contributed by atoms with Crippen LogP contribution in [-0.2, 0) is 18.0 Å². The summed E-state index contributed by atoms with van der Waals surface area (Å²) in [5.41, 5.74) is -3.29. The third-order valence-electron chi connectivity index (χ3n) is 4.78. The van der Waals surface area contributed by atoms with Gasteiger partial charge in [-0.25, -0.2) is 15.0 Å². The van der Waals surface area contributed by atoms with E-state index in [-0.39, 0.29) is 23.2 Å². The van der Waals surface area contributed by atoms with Gasteiger partial charge in [-0.15, -0.1) is 0 Å². The minimum Gasteiger partial charge on any atom is -0.386 e. The zero-order valence-electron chi connectivity index (χ0n) is 19.0. The second-order valence-corrected chi connectivity index (χ2v) is 8.11. The first-order valence-corrected chi connectivity index (χ1v) is 10.4. The van der Waals surface area contributed by atoms with Crippen molar-refractivity contribution in [3.8, 4) is 23.2 Å². The number of halogens is 6. The van der Waals surface area contributed by atoms with Gasteiger partial charge in [-0.05, 0) is 49.7 Å². The van der Waals surface area contributed by atoms with Crippen LogP contribution in [0.2, 0.25) is 0 Å². The van der Waals surface area contributed by atoms with Gasteiger partial charge in [0.25, 0.3) is 0 Å². The van der Waals surface area contributed by atoms with Crippen LogP contribution in [0.1, 0.15) is 30.8 Å². The van der Waals surface area contributed by atoms with Crippen molar-refractivity contribution in [2.75, 3.05) is 5.32 Å². The summed E-state index contributed by atoms with van der Waals surface area (Å²) in [6, 6.07) is 5.57. The molecule has 0 radical (unpaired) electrons. The Kier molecular flexibility index (Phi) is 6.50. The molecule has 9 nitrogen and oxygen atoms in total. The molecule has 0 atom stereocenters. The summed E-state index contributed by atoms with van der Waals surface area (Å²) in [5.74, 6) is -1.40. The van der Waals surface area contributed by atoms with Gasteiger partial charge in [0, 0.05) is 24.3 Å². The summed E-state index contributed by atoms with van der Waals surface area (Å²) in [4.78, 5) is 27.0. The number of pyridine rings is 2. The van der Waals surface area contributed by atoms with Gasteiger partial charge in [0.05, 0.1) is 5.60 Å². The summed E-state index contributed by atoms with van der Waals surface area (Å²) < 4.78 is 78.8. The molecule has 0 aliphatic carbocycles. The SMILES string of the molecule is CC(C)(O)c1ccnc(-c2nc(Nc3ccnc(C(F)(F)F)c3)nc(-c3nccc(C(F)(F)F)n3)n2)c1. The van der Waals surface area contributed by atoms with Gasteiger partial charge in [0.15, 0.2) is 11.6 Å². The Labute approximate surface area is 204 Å². The molecule has 0 aliphatic rings. The van der Waals surface area contributed by atoms with Crippen molar-refractivity contribution in [1.29, 1.82) is 0 Å². The smallest absolute Gasteiger partial charge is 0.386 e. The highest BCUT2D eigenvalue weighted by Crippen LogP contribution is 2.31. The largest absolute Gasteiger partial charge is 0.433 e. The average Bonchev–Trinajstić information content (AvgIpc) is 2.83. The number of aliphatic hydroxyl groups is 1. The van der Waals surface area contributed by atoms with E-state index in [1.54, 1.807) is 0 Å². The van der Waals surface area contributed by atoms with Crippen molar-refractivity contribution >= 4 is 11.6 Å². The second kappa shape index (κ2) is 9.31. The molecule has 0 fully saturated rings. The van der Waals surface area contributed by atoms with Gasteiger partial charge in [-0.2, -0.15) is 36.3 Å². The molecule has 0 saturated heterocycles. The number of rotatable bonds is 5. The van der Waals surface area contributed by atoms with Crippen LogP contribution < -0.4 is 5.32 Å². The first kappa shape index (κ1) is 25.8. The van der Waals surface area contributed by atoms with E-state index < -0.39 is 41.0 Å². The predicted molar refractivity (Wildman–Crippen MR) is 117 cm³/mol.